The minimum Gasteiger partial charge on any atom is -0.384 e. The molecule has 1 aromatic heterocycles. The van der Waals surface area contributed by atoms with E-state index in [4.69, 9.17) is 5.73 Å². The zero-order valence-electron chi connectivity index (χ0n) is 8.49. The van der Waals surface area contributed by atoms with E-state index in [-0.39, 0.29) is 0 Å². The van der Waals surface area contributed by atoms with Gasteiger partial charge in [-0.3, -0.25) is 0 Å². The van der Waals surface area contributed by atoms with Gasteiger partial charge in [-0.05, 0) is 25.5 Å². The summed E-state index contributed by atoms with van der Waals surface area (Å²) in [5.41, 5.74) is 5.60. The first-order chi connectivity index (χ1) is 6.15. The van der Waals surface area contributed by atoms with Gasteiger partial charge in [-0.25, -0.2) is 4.98 Å². The molecule has 13 heavy (non-hydrogen) atoms. The summed E-state index contributed by atoms with van der Waals surface area (Å²) >= 11 is 0. The van der Waals surface area contributed by atoms with E-state index in [1.807, 2.05) is 19.2 Å². The van der Waals surface area contributed by atoms with E-state index >= 15 is 0 Å². The first kappa shape index (κ1) is 9.84. The van der Waals surface area contributed by atoms with E-state index in [0.29, 0.717) is 11.9 Å². The number of nitrogens with two attached hydrogens (primary N) is 1. The van der Waals surface area contributed by atoms with Crippen LogP contribution in [0.1, 0.15) is 20.3 Å². The molecule has 0 amide bonds. The average Bonchev–Trinajstić information content (AvgIpc) is 2.15. The second-order valence-electron chi connectivity index (χ2n) is 3.29. The van der Waals surface area contributed by atoms with Crippen LogP contribution in [0.4, 0.5) is 11.6 Å². The molecule has 0 aliphatic carbocycles. The van der Waals surface area contributed by atoms with Crippen molar-refractivity contribution < 1.29 is 0 Å². The Morgan fingerprint density at radius 3 is 2.77 bits per heavy atom. The number of rotatable bonds is 3. The number of anilines is 2. The summed E-state index contributed by atoms with van der Waals surface area (Å²) in [6, 6.07) is 6.20. The van der Waals surface area contributed by atoms with Crippen LogP contribution in [0.3, 0.4) is 0 Å². The van der Waals surface area contributed by atoms with Crippen molar-refractivity contribution in [1.29, 1.82) is 0 Å². The minimum atomic E-state index is 0.495. The average molecular weight is 179 g/mol. The molecule has 1 rings (SSSR count). The van der Waals surface area contributed by atoms with Gasteiger partial charge in [0.2, 0.25) is 0 Å². The molecule has 2 N–H and O–H groups in total. The fourth-order valence-electron chi connectivity index (χ4n) is 1.14. The summed E-state index contributed by atoms with van der Waals surface area (Å²) in [6.07, 6.45) is 1.10. The third kappa shape index (κ3) is 2.34. The van der Waals surface area contributed by atoms with Crippen LogP contribution in [0.5, 0.6) is 0 Å². The van der Waals surface area contributed by atoms with Gasteiger partial charge in [0.15, 0.2) is 0 Å². The van der Waals surface area contributed by atoms with Crippen LogP contribution in [-0.4, -0.2) is 18.1 Å². The third-order valence-corrected chi connectivity index (χ3v) is 2.37. The first-order valence-corrected chi connectivity index (χ1v) is 4.60. The Kier molecular flexibility index (Phi) is 3.12. The molecule has 0 aliphatic heterocycles. The highest BCUT2D eigenvalue weighted by Crippen LogP contribution is 2.14. The van der Waals surface area contributed by atoms with E-state index in [0.717, 1.165) is 12.2 Å². The summed E-state index contributed by atoms with van der Waals surface area (Å²) in [6.45, 7) is 4.33. The number of pyridine rings is 1. The molecule has 0 radical (unpaired) electrons. The van der Waals surface area contributed by atoms with Gasteiger partial charge < -0.3 is 10.6 Å². The fourth-order valence-corrected chi connectivity index (χ4v) is 1.14. The molecular weight excluding hydrogens is 162 g/mol. The quantitative estimate of drug-likeness (QED) is 0.770. The summed E-state index contributed by atoms with van der Waals surface area (Å²) in [5, 5.41) is 0. The monoisotopic (exact) mass is 179 g/mol. The molecule has 1 heterocycles. The first-order valence-electron chi connectivity index (χ1n) is 4.60. The molecule has 3 nitrogen and oxygen atoms in total. The Balaban J connectivity index is 2.82. The molecule has 0 spiro atoms. The lowest BCUT2D eigenvalue weighted by atomic mass is 10.2. The van der Waals surface area contributed by atoms with Crippen molar-refractivity contribution in [3.63, 3.8) is 0 Å². The number of hydrogen-bond acceptors (Lipinski definition) is 3. The Morgan fingerprint density at radius 2 is 2.23 bits per heavy atom. The van der Waals surface area contributed by atoms with Crippen LogP contribution in [0.15, 0.2) is 18.2 Å². The van der Waals surface area contributed by atoms with Crippen molar-refractivity contribution in [2.75, 3.05) is 17.7 Å². The second-order valence-corrected chi connectivity index (χ2v) is 3.29. The molecule has 0 saturated heterocycles. The van der Waals surface area contributed by atoms with Gasteiger partial charge in [0.25, 0.3) is 0 Å². The lowest BCUT2D eigenvalue weighted by molar-refractivity contribution is 0.657. The summed E-state index contributed by atoms with van der Waals surface area (Å²) < 4.78 is 0. The predicted octanol–water partition coefficient (Wildman–Crippen LogP) is 1.90. The number of nitrogen functional groups attached to an aromatic ring is 1. The molecule has 0 aromatic carbocycles. The molecule has 1 atom stereocenters. The SMILES string of the molecule is CCC(C)N(C)c1cccc(N)n1. The van der Waals surface area contributed by atoms with E-state index < -0.39 is 0 Å². The van der Waals surface area contributed by atoms with Crippen LogP contribution < -0.4 is 10.6 Å². The zero-order chi connectivity index (χ0) is 9.84. The van der Waals surface area contributed by atoms with Crippen LogP contribution >= 0.6 is 0 Å². The van der Waals surface area contributed by atoms with Gasteiger partial charge in [0.1, 0.15) is 11.6 Å². The van der Waals surface area contributed by atoms with Crippen LogP contribution in [0.2, 0.25) is 0 Å². The predicted molar refractivity (Wildman–Crippen MR) is 56.8 cm³/mol. The molecule has 72 valence electrons. The second kappa shape index (κ2) is 4.12. The number of aromatic nitrogens is 1. The highest BCUT2D eigenvalue weighted by molar-refractivity contribution is 5.44. The molecule has 0 bridgehead atoms. The van der Waals surface area contributed by atoms with Crippen LogP contribution in [0.25, 0.3) is 0 Å². The molecule has 0 saturated carbocycles. The molecule has 0 aliphatic rings. The largest absolute Gasteiger partial charge is 0.384 e. The van der Waals surface area contributed by atoms with E-state index in [1.54, 1.807) is 6.07 Å². The van der Waals surface area contributed by atoms with Gasteiger partial charge >= 0.3 is 0 Å². The molecule has 1 aromatic rings. The molecular formula is C10H17N3. The van der Waals surface area contributed by atoms with E-state index in [1.165, 1.54) is 0 Å². The van der Waals surface area contributed by atoms with Gasteiger partial charge in [-0.1, -0.05) is 13.0 Å². The van der Waals surface area contributed by atoms with Gasteiger partial charge in [-0.15, -0.1) is 0 Å². The maximum atomic E-state index is 5.60. The Morgan fingerprint density at radius 1 is 1.54 bits per heavy atom. The lowest BCUT2D eigenvalue weighted by Crippen LogP contribution is -2.28. The smallest absolute Gasteiger partial charge is 0.130 e. The van der Waals surface area contributed by atoms with Crippen molar-refractivity contribution in [3.05, 3.63) is 18.2 Å². The Hall–Kier alpha value is -1.25. The summed E-state index contributed by atoms with van der Waals surface area (Å²) in [4.78, 5) is 6.38. The third-order valence-electron chi connectivity index (χ3n) is 2.37. The van der Waals surface area contributed by atoms with Crippen molar-refractivity contribution in [3.8, 4) is 0 Å². The topological polar surface area (TPSA) is 42.1 Å². The van der Waals surface area contributed by atoms with Gasteiger partial charge in [0, 0.05) is 13.1 Å². The van der Waals surface area contributed by atoms with Crippen molar-refractivity contribution in [2.24, 2.45) is 0 Å². The van der Waals surface area contributed by atoms with Gasteiger partial charge in [-0.2, -0.15) is 0 Å². The Labute approximate surface area is 79.6 Å². The highest BCUT2D eigenvalue weighted by atomic mass is 15.2. The van der Waals surface area contributed by atoms with Crippen molar-refractivity contribution >= 4 is 11.6 Å². The van der Waals surface area contributed by atoms with E-state index in [9.17, 15) is 0 Å². The number of hydrogen-bond donors (Lipinski definition) is 1. The lowest BCUT2D eigenvalue weighted by Gasteiger charge is -2.24. The molecule has 1 unspecified atom stereocenters. The normalized spacial score (nSPS) is 12.5. The standard InChI is InChI=1S/C10H17N3/c1-4-8(2)13(3)10-7-5-6-9(11)12-10/h5-8H,4H2,1-3H3,(H2,11,12). The molecule has 3 heteroatoms. The van der Waals surface area contributed by atoms with Crippen molar-refractivity contribution in [1.82, 2.24) is 4.98 Å². The molecule has 0 fully saturated rings. The Bertz CT molecular complexity index is 273. The van der Waals surface area contributed by atoms with Crippen molar-refractivity contribution in [2.45, 2.75) is 26.3 Å². The summed E-state index contributed by atoms with van der Waals surface area (Å²) in [5.74, 6) is 1.52. The van der Waals surface area contributed by atoms with E-state index in [2.05, 4.69) is 23.7 Å². The van der Waals surface area contributed by atoms with Gasteiger partial charge in [0.05, 0.1) is 0 Å². The zero-order valence-corrected chi connectivity index (χ0v) is 8.49. The fraction of sp³-hybridized carbons (Fsp3) is 0.500. The van der Waals surface area contributed by atoms with Crippen LogP contribution in [-0.2, 0) is 0 Å². The van der Waals surface area contributed by atoms with Crippen LogP contribution in [0, 0.1) is 0 Å². The minimum absolute atomic E-state index is 0.495. The maximum Gasteiger partial charge on any atom is 0.130 e. The highest BCUT2D eigenvalue weighted by Gasteiger charge is 2.08. The number of nitrogens with zero attached hydrogens (tertiary/aromatic N) is 2. The summed E-state index contributed by atoms with van der Waals surface area (Å²) in [7, 11) is 2.04. The maximum absolute atomic E-state index is 5.60.